The van der Waals surface area contributed by atoms with Crippen LogP contribution in [0.25, 0.3) is 0 Å². The zero-order valence-electron chi connectivity index (χ0n) is 13.6. The predicted octanol–water partition coefficient (Wildman–Crippen LogP) is 2.97. The van der Waals surface area contributed by atoms with Crippen LogP contribution in [-0.2, 0) is 6.42 Å². The van der Waals surface area contributed by atoms with E-state index in [9.17, 15) is 0 Å². The fourth-order valence-corrected chi connectivity index (χ4v) is 1.98. The van der Waals surface area contributed by atoms with Gasteiger partial charge in [-0.25, -0.2) is 0 Å². The normalized spacial score (nSPS) is 11.7. The van der Waals surface area contributed by atoms with E-state index in [1.54, 1.807) is 7.11 Å². The zero-order chi connectivity index (χ0) is 15.5. The van der Waals surface area contributed by atoms with Crippen molar-refractivity contribution in [1.82, 2.24) is 5.32 Å². The van der Waals surface area contributed by atoms with Crippen LogP contribution >= 0.6 is 0 Å². The second-order valence-electron chi connectivity index (χ2n) is 5.68. The molecule has 0 spiro atoms. The van der Waals surface area contributed by atoms with E-state index in [-0.39, 0.29) is 0 Å². The monoisotopic (exact) mass is 291 g/mol. The van der Waals surface area contributed by atoms with Gasteiger partial charge in [0.05, 0.1) is 7.11 Å². The fourth-order valence-electron chi connectivity index (χ4n) is 1.98. The van der Waals surface area contributed by atoms with Crippen LogP contribution in [0.15, 0.2) is 29.3 Å². The summed E-state index contributed by atoms with van der Waals surface area (Å²) < 4.78 is 5.15. The van der Waals surface area contributed by atoms with E-state index >= 15 is 0 Å². The number of benzene rings is 1. The Bertz CT molecular complexity index is 413. The number of methoxy groups -OCH3 is 1. The summed E-state index contributed by atoms with van der Waals surface area (Å²) >= 11 is 0. The molecule has 0 saturated carbocycles. The first kappa shape index (κ1) is 17.3. The van der Waals surface area contributed by atoms with Gasteiger partial charge in [0.15, 0.2) is 5.96 Å². The van der Waals surface area contributed by atoms with Gasteiger partial charge < -0.3 is 15.8 Å². The van der Waals surface area contributed by atoms with Crippen LogP contribution in [0.4, 0.5) is 0 Å². The lowest BCUT2D eigenvalue weighted by atomic mass is 10.1. The second-order valence-corrected chi connectivity index (χ2v) is 5.68. The number of hydrogen-bond donors (Lipinski definition) is 2. The smallest absolute Gasteiger partial charge is 0.188 e. The van der Waals surface area contributed by atoms with Crippen LogP contribution in [0, 0.1) is 5.92 Å². The summed E-state index contributed by atoms with van der Waals surface area (Å²) in [4.78, 5) is 4.34. The van der Waals surface area contributed by atoms with Crippen molar-refractivity contribution in [2.24, 2.45) is 16.6 Å². The van der Waals surface area contributed by atoms with Crippen LogP contribution in [0.2, 0.25) is 0 Å². The summed E-state index contributed by atoms with van der Waals surface area (Å²) in [5, 5.41) is 3.15. The lowest BCUT2D eigenvalue weighted by molar-refractivity contribution is 0.414. The number of rotatable bonds is 9. The van der Waals surface area contributed by atoms with Crippen molar-refractivity contribution in [2.75, 3.05) is 20.2 Å². The highest BCUT2D eigenvalue weighted by atomic mass is 16.5. The molecule has 1 aromatic rings. The molecule has 0 aliphatic rings. The van der Waals surface area contributed by atoms with Crippen LogP contribution < -0.4 is 15.8 Å². The molecule has 4 nitrogen and oxygen atoms in total. The Kier molecular flexibility index (Phi) is 8.32. The lowest BCUT2D eigenvalue weighted by Gasteiger charge is -2.07. The molecule has 0 saturated heterocycles. The molecule has 1 rings (SSSR count). The highest BCUT2D eigenvalue weighted by Crippen LogP contribution is 2.13. The molecule has 118 valence electrons. The van der Waals surface area contributed by atoms with E-state index in [2.05, 4.69) is 36.3 Å². The van der Waals surface area contributed by atoms with E-state index in [0.717, 1.165) is 44.5 Å². The van der Waals surface area contributed by atoms with Gasteiger partial charge in [-0.3, -0.25) is 4.99 Å². The number of nitrogens with zero attached hydrogens (tertiary/aromatic N) is 1. The average molecular weight is 291 g/mol. The van der Waals surface area contributed by atoms with Crippen LogP contribution in [0.3, 0.4) is 0 Å². The van der Waals surface area contributed by atoms with Crippen molar-refractivity contribution in [3.8, 4) is 5.75 Å². The van der Waals surface area contributed by atoms with Crippen molar-refractivity contribution >= 4 is 5.96 Å². The number of aliphatic imine (C=N–C) groups is 1. The number of nitrogens with two attached hydrogens (primary N) is 1. The molecule has 0 unspecified atom stereocenters. The minimum absolute atomic E-state index is 0.570. The summed E-state index contributed by atoms with van der Waals surface area (Å²) in [6, 6.07) is 8.24. The Balaban J connectivity index is 2.12. The van der Waals surface area contributed by atoms with Crippen LogP contribution in [0.1, 0.15) is 38.7 Å². The maximum Gasteiger partial charge on any atom is 0.188 e. The Morgan fingerprint density at radius 1 is 1.24 bits per heavy atom. The third-order valence-electron chi connectivity index (χ3n) is 3.34. The van der Waals surface area contributed by atoms with Gasteiger partial charge in [-0.2, -0.15) is 0 Å². The molecule has 0 fully saturated rings. The molecule has 0 radical (unpaired) electrons. The SMILES string of the molecule is COc1ccc(CCCCN=C(N)NCCC(C)C)cc1. The molecular formula is C17H29N3O. The Labute approximate surface area is 128 Å². The summed E-state index contributed by atoms with van der Waals surface area (Å²) in [7, 11) is 1.69. The molecule has 0 amide bonds. The first-order chi connectivity index (χ1) is 10.1. The molecule has 0 bridgehead atoms. The number of aryl methyl sites for hydroxylation is 1. The van der Waals surface area contributed by atoms with Crippen molar-refractivity contribution in [3.63, 3.8) is 0 Å². The molecule has 4 heteroatoms. The molecule has 3 N–H and O–H groups in total. The van der Waals surface area contributed by atoms with E-state index in [4.69, 9.17) is 10.5 Å². The number of ether oxygens (including phenoxy) is 1. The Hall–Kier alpha value is -1.71. The predicted molar refractivity (Wildman–Crippen MR) is 89.9 cm³/mol. The Morgan fingerprint density at radius 3 is 2.57 bits per heavy atom. The molecule has 0 aliphatic carbocycles. The quantitative estimate of drug-likeness (QED) is 0.418. The standard InChI is InChI=1S/C17H29N3O/c1-14(2)11-13-20-17(18)19-12-5-4-6-15-7-9-16(21-3)10-8-15/h7-10,14H,4-6,11-13H2,1-3H3,(H3,18,19,20). The summed E-state index contributed by atoms with van der Waals surface area (Å²) in [5.41, 5.74) is 7.15. The van der Waals surface area contributed by atoms with E-state index in [1.165, 1.54) is 5.56 Å². The van der Waals surface area contributed by atoms with Gasteiger partial charge in [-0.05, 0) is 49.3 Å². The van der Waals surface area contributed by atoms with Gasteiger partial charge in [-0.15, -0.1) is 0 Å². The van der Waals surface area contributed by atoms with E-state index < -0.39 is 0 Å². The van der Waals surface area contributed by atoms with Crippen LogP contribution in [-0.4, -0.2) is 26.2 Å². The number of nitrogens with one attached hydrogen (secondary N) is 1. The molecule has 0 heterocycles. The highest BCUT2D eigenvalue weighted by Gasteiger charge is 1.97. The minimum Gasteiger partial charge on any atom is -0.497 e. The number of guanidine groups is 1. The first-order valence-corrected chi connectivity index (χ1v) is 7.78. The molecule has 21 heavy (non-hydrogen) atoms. The zero-order valence-corrected chi connectivity index (χ0v) is 13.6. The molecule has 0 atom stereocenters. The number of hydrogen-bond acceptors (Lipinski definition) is 2. The van der Waals surface area contributed by atoms with Crippen molar-refractivity contribution in [3.05, 3.63) is 29.8 Å². The second kappa shape index (κ2) is 10.1. The van der Waals surface area contributed by atoms with Gasteiger partial charge in [0.1, 0.15) is 5.75 Å². The van der Waals surface area contributed by atoms with Crippen molar-refractivity contribution < 1.29 is 4.74 Å². The number of unbranched alkanes of at least 4 members (excludes halogenated alkanes) is 1. The molecule has 0 aromatic heterocycles. The topological polar surface area (TPSA) is 59.6 Å². The van der Waals surface area contributed by atoms with E-state index in [1.807, 2.05) is 12.1 Å². The Morgan fingerprint density at radius 2 is 1.95 bits per heavy atom. The third kappa shape index (κ3) is 8.23. The summed E-state index contributed by atoms with van der Waals surface area (Å²) in [6.07, 6.45) is 4.36. The van der Waals surface area contributed by atoms with Gasteiger partial charge >= 0.3 is 0 Å². The fraction of sp³-hybridized carbons (Fsp3) is 0.588. The highest BCUT2D eigenvalue weighted by molar-refractivity contribution is 5.77. The maximum atomic E-state index is 5.81. The van der Waals surface area contributed by atoms with Gasteiger partial charge in [-0.1, -0.05) is 26.0 Å². The lowest BCUT2D eigenvalue weighted by Crippen LogP contribution is -2.33. The van der Waals surface area contributed by atoms with Gasteiger partial charge in [0, 0.05) is 13.1 Å². The maximum absolute atomic E-state index is 5.81. The average Bonchev–Trinajstić information content (AvgIpc) is 2.47. The van der Waals surface area contributed by atoms with Crippen molar-refractivity contribution in [1.29, 1.82) is 0 Å². The van der Waals surface area contributed by atoms with Crippen LogP contribution in [0.5, 0.6) is 5.75 Å². The third-order valence-corrected chi connectivity index (χ3v) is 3.34. The molecule has 0 aliphatic heterocycles. The summed E-state index contributed by atoms with van der Waals surface area (Å²) in [5.74, 6) is 2.17. The molecular weight excluding hydrogens is 262 g/mol. The first-order valence-electron chi connectivity index (χ1n) is 7.78. The van der Waals surface area contributed by atoms with Gasteiger partial charge in [0.25, 0.3) is 0 Å². The minimum atomic E-state index is 0.570. The molecule has 1 aromatic carbocycles. The largest absolute Gasteiger partial charge is 0.497 e. The summed E-state index contributed by atoms with van der Waals surface area (Å²) in [6.45, 7) is 6.10. The van der Waals surface area contributed by atoms with Crippen molar-refractivity contribution in [2.45, 2.75) is 39.5 Å². The van der Waals surface area contributed by atoms with E-state index in [0.29, 0.717) is 11.9 Å². The van der Waals surface area contributed by atoms with Gasteiger partial charge in [0.2, 0.25) is 0 Å².